The molecular formula is C8H10FNSe. The van der Waals surface area contributed by atoms with Crippen molar-refractivity contribution in [3.05, 3.63) is 30.1 Å². The van der Waals surface area contributed by atoms with E-state index in [1.807, 2.05) is 12.1 Å². The van der Waals surface area contributed by atoms with Crippen LogP contribution in [0.5, 0.6) is 0 Å². The van der Waals surface area contributed by atoms with E-state index in [-0.39, 0.29) is 5.82 Å². The fourth-order valence-electron chi connectivity index (χ4n) is 0.708. The van der Waals surface area contributed by atoms with E-state index in [9.17, 15) is 4.39 Å². The molecule has 0 aromatic heterocycles. The van der Waals surface area contributed by atoms with E-state index < -0.39 is 0 Å². The normalized spacial score (nSPS) is 10.0. The summed E-state index contributed by atoms with van der Waals surface area (Å²) in [6.07, 6.45) is 0. The molecule has 0 spiro atoms. The second kappa shape index (κ2) is 4.50. The van der Waals surface area contributed by atoms with Crippen molar-refractivity contribution in [2.24, 2.45) is 5.73 Å². The Kier molecular flexibility index (Phi) is 3.57. The predicted octanol–water partition coefficient (Wildman–Crippen LogP) is 0.532. The summed E-state index contributed by atoms with van der Waals surface area (Å²) in [5.74, 6) is -0.169. The first-order chi connectivity index (χ1) is 5.33. The maximum absolute atomic E-state index is 12.4. The first kappa shape index (κ1) is 8.72. The summed E-state index contributed by atoms with van der Waals surface area (Å²) in [4.78, 5) is 0. The van der Waals surface area contributed by atoms with Crippen LogP contribution in [-0.2, 0) is 0 Å². The van der Waals surface area contributed by atoms with Crippen molar-refractivity contribution in [2.45, 2.75) is 5.32 Å². The quantitative estimate of drug-likeness (QED) is 0.736. The Bertz CT molecular complexity index is 210. The molecule has 0 aliphatic rings. The summed E-state index contributed by atoms with van der Waals surface area (Å²) < 4.78 is 13.6. The van der Waals surface area contributed by atoms with Gasteiger partial charge in [0.05, 0.1) is 0 Å². The maximum atomic E-state index is 12.4. The molecule has 0 saturated carbocycles. The van der Waals surface area contributed by atoms with E-state index in [2.05, 4.69) is 0 Å². The van der Waals surface area contributed by atoms with Gasteiger partial charge in [-0.15, -0.1) is 0 Å². The van der Waals surface area contributed by atoms with Crippen molar-refractivity contribution in [1.82, 2.24) is 0 Å². The van der Waals surface area contributed by atoms with Crippen LogP contribution >= 0.6 is 0 Å². The van der Waals surface area contributed by atoms with Gasteiger partial charge in [0.2, 0.25) is 0 Å². The Balaban J connectivity index is 2.52. The van der Waals surface area contributed by atoms with Crippen LogP contribution in [0.25, 0.3) is 0 Å². The molecular weight excluding hydrogens is 208 g/mol. The molecule has 0 heterocycles. The number of rotatable bonds is 3. The summed E-state index contributed by atoms with van der Waals surface area (Å²) in [6, 6.07) is 6.64. The fourth-order valence-corrected chi connectivity index (χ4v) is 2.14. The molecule has 0 unspecified atom stereocenters. The van der Waals surface area contributed by atoms with E-state index >= 15 is 0 Å². The zero-order valence-corrected chi connectivity index (χ0v) is 7.80. The fraction of sp³-hybridized carbons (Fsp3) is 0.250. The van der Waals surface area contributed by atoms with Gasteiger partial charge in [-0.3, -0.25) is 0 Å². The molecule has 3 heteroatoms. The molecule has 0 saturated heterocycles. The molecule has 0 amide bonds. The average molecular weight is 218 g/mol. The van der Waals surface area contributed by atoms with Crippen LogP contribution in [-0.4, -0.2) is 21.5 Å². The van der Waals surface area contributed by atoms with Crippen molar-refractivity contribution in [3.63, 3.8) is 0 Å². The molecule has 0 fully saturated rings. The van der Waals surface area contributed by atoms with Gasteiger partial charge in [0.15, 0.2) is 0 Å². The van der Waals surface area contributed by atoms with Crippen molar-refractivity contribution >= 4 is 19.4 Å². The first-order valence-corrected chi connectivity index (χ1v) is 5.48. The third-order valence-corrected chi connectivity index (χ3v) is 3.39. The molecule has 1 aromatic rings. The van der Waals surface area contributed by atoms with Crippen molar-refractivity contribution < 1.29 is 4.39 Å². The first-order valence-electron chi connectivity index (χ1n) is 3.41. The topological polar surface area (TPSA) is 26.0 Å². The van der Waals surface area contributed by atoms with E-state index in [1.165, 1.54) is 16.6 Å². The van der Waals surface area contributed by atoms with Crippen LogP contribution in [0.3, 0.4) is 0 Å². The number of halogens is 1. The molecule has 1 rings (SSSR count). The molecule has 0 radical (unpaired) electrons. The van der Waals surface area contributed by atoms with Gasteiger partial charge in [0, 0.05) is 0 Å². The van der Waals surface area contributed by atoms with E-state index in [1.54, 1.807) is 0 Å². The van der Waals surface area contributed by atoms with Crippen LogP contribution in [0.2, 0.25) is 5.32 Å². The second-order valence-electron chi connectivity index (χ2n) is 2.09. The summed E-state index contributed by atoms with van der Waals surface area (Å²) >= 11 is 0.419. The van der Waals surface area contributed by atoms with Crippen LogP contribution in [0.1, 0.15) is 0 Å². The van der Waals surface area contributed by atoms with E-state index in [0.29, 0.717) is 15.0 Å². The summed E-state index contributed by atoms with van der Waals surface area (Å²) in [5, 5.41) is 1.03. The summed E-state index contributed by atoms with van der Waals surface area (Å²) in [5.41, 5.74) is 5.35. The predicted molar refractivity (Wildman–Crippen MR) is 45.6 cm³/mol. The Morgan fingerprint density at radius 2 is 1.91 bits per heavy atom. The van der Waals surface area contributed by atoms with Crippen LogP contribution in [0.4, 0.5) is 4.39 Å². The molecule has 2 N–H and O–H groups in total. The molecule has 1 nitrogen and oxygen atoms in total. The zero-order chi connectivity index (χ0) is 8.10. The third kappa shape index (κ3) is 3.02. The van der Waals surface area contributed by atoms with Gasteiger partial charge >= 0.3 is 71.5 Å². The zero-order valence-electron chi connectivity index (χ0n) is 6.09. The van der Waals surface area contributed by atoms with E-state index in [0.717, 1.165) is 11.9 Å². The van der Waals surface area contributed by atoms with Gasteiger partial charge in [0.1, 0.15) is 0 Å². The number of hydrogen-bond acceptors (Lipinski definition) is 1. The standard InChI is InChI=1S/C8H10FNSe/c9-7-1-3-8(4-2-7)11-6-5-10/h1-4H,5-6,10H2. The van der Waals surface area contributed by atoms with Crippen LogP contribution < -0.4 is 10.2 Å². The van der Waals surface area contributed by atoms with Crippen molar-refractivity contribution in [3.8, 4) is 0 Å². The monoisotopic (exact) mass is 219 g/mol. The Labute approximate surface area is 71.9 Å². The third-order valence-electron chi connectivity index (χ3n) is 1.20. The van der Waals surface area contributed by atoms with Gasteiger partial charge in [-0.2, -0.15) is 0 Å². The summed E-state index contributed by atoms with van der Waals surface area (Å²) in [6.45, 7) is 0.720. The number of hydrogen-bond donors (Lipinski definition) is 1. The van der Waals surface area contributed by atoms with Gasteiger partial charge in [0.25, 0.3) is 0 Å². The van der Waals surface area contributed by atoms with Crippen molar-refractivity contribution in [2.75, 3.05) is 6.54 Å². The molecule has 60 valence electrons. The Hall–Kier alpha value is -0.371. The van der Waals surface area contributed by atoms with Crippen LogP contribution in [0.15, 0.2) is 24.3 Å². The van der Waals surface area contributed by atoms with E-state index in [4.69, 9.17) is 5.73 Å². The molecule has 0 bridgehead atoms. The van der Waals surface area contributed by atoms with Gasteiger partial charge in [-0.1, -0.05) is 0 Å². The SMILES string of the molecule is NCC[Se]c1ccc(F)cc1. The minimum absolute atomic E-state index is 0.169. The Morgan fingerprint density at radius 3 is 2.45 bits per heavy atom. The Morgan fingerprint density at radius 1 is 1.27 bits per heavy atom. The summed E-state index contributed by atoms with van der Waals surface area (Å²) in [7, 11) is 0. The molecule has 11 heavy (non-hydrogen) atoms. The molecule has 0 aliphatic heterocycles. The molecule has 1 aromatic carbocycles. The van der Waals surface area contributed by atoms with Gasteiger partial charge < -0.3 is 0 Å². The van der Waals surface area contributed by atoms with Gasteiger partial charge in [-0.05, 0) is 0 Å². The van der Waals surface area contributed by atoms with Gasteiger partial charge in [-0.25, -0.2) is 0 Å². The average Bonchev–Trinajstić information content (AvgIpc) is 2.04. The second-order valence-corrected chi connectivity index (χ2v) is 4.54. The van der Waals surface area contributed by atoms with Crippen molar-refractivity contribution in [1.29, 1.82) is 0 Å². The number of nitrogens with two attached hydrogens (primary N) is 1. The molecule has 0 atom stereocenters. The number of benzene rings is 1. The van der Waals surface area contributed by atoms with Crippen LogP contribution in [0, 0.1) is 5.82 Å². The molecule has 0 aliphatic carbocycles. The minimum atomic E-state index is -0.169.